The number of hydrogen-bond acceptors (Lipinski definition) is 5. The molecule has 1 amide bonds. The number of aromatic nitrogens is 1. The fraction of sp³-hybridized carbons (Fsp3) is 0.538. The fourth-order valence-electron chi connectivity index (χ4n) is 2.49. The number of likely N-dealkylation sites (tertiary alicyclic amines) is 1. The van der Waals surface area contributed by atoms with E-state index < -0.39 is 0 Å². The molecule has 0 radical (unpaired) electrons. The molecule has 1 saturated heterocycles. The molecule has 1 aromatic heterocycles. The van der Waals surface area contributed by atoms with Crippen LogP contribution in [-0.4, -0.2) is 42.6 Å². The monoisotopic (exact) mass is 264 g/mol. The Morgan fingerprint density at radius 1 is 1.68 bits per heavy atom. The van der Waals surface area contributed by atoms with Gasteiger partial charge in [0.15, 0.2) is 0 Å². The number of nitrogens with zero attached hydrogens (tertiary/aromatic N) is 2. The van der Waals surface area contributed by atoms with Gasteiger partial charge in [-0.25, -0.2) is 0 Å². The number of nitrogens with two attached hydrogens (primary N) is 1. The van der Waals surface area contributed by atoms with Crippen molar-refractivity contribution >= 4 is 11.6 Å². The second-order valence-electron chi connectivity index (χ2n) is 4.78. The summed E-state index contributed by atoms with van der Waals surface area (Å²) >= 11 is 0. The summed E-state index contributed by atoms with van der Waals surface area (Å²) in [6.07, 6.45) is 5.28. The van der Waals surface area contributed by atoms with Crippen LogP contribution < -0.4 is 11.3 Å². The summed E-state index contributed by atoms with van der Waals surface area (Å²) < 4.78 is 5.18. The quantitative estimate of drug-likeness (QED) is 0.623. The topological polar surface area (TPSA) is 80.5 Å². The van der Waals surface area contributed by atoms with Crippen molar-refractivity contribution in [3.05, 3.63) is 24.0 Å². The largest absolute Gasteiger partial charge is 0.384 e. The molecule has 1 aliphatic heterocycles. The number of ether oxygens (including phenoxy) is 1. The van der Waals surface area contributed by atoms with E-state index in [0.717, 1.165) is 25.9 Å². The Kier molecular flexibility index (Phi) is 4.70. The van der Waals surface area contributed by atoms with Crippen LogP contribution >= 0.6 is 0 Å². The van der Waals surface area contributed by atoms with Crippen molar-refractivity contribution in [2.24, 2.45) is 11.8 Å². The van der Waals surface area contributed by atoms with E-state index in [0.29, 0.717) is 23.8 Å². The summed E-state index contributed by atoms with van der Waals surface area (Å²) in [4.78, 5) is 18.3. The molecule has 1 unspecified atom stereocenters. The molecule has 0 bridgehead atoms. The Morgan fingerprint density at radius 3 is 3.26 bits per heavy atom. The van der Waals surface area contributed by atoms with Crippen molar-refractivity contribution in [1.29, 1.82) is 0 Å². The summed E-state index contributed by atoms with van der Waals surface area (Å²) in [5, 5.41) is 0. The number of hydrogen-bond donors (Lipinski definition) is 2. The molecule has 0 aromatic carbocycles. The minimum Gasteiger partial charge on any atom is -0.384 e. The Labute approximate surface area is 112 Å². The Bertz CT molecular complexity index is 436. The number of nitrogen functional groups attached to an aromatic ring is 1. The molecule has 1 aliphatic rings. The number of amides is 1. The number of carbonyl (C=O) groups is 1. The minimum absolute atomic E-state index is 0.00356. The lowest BCUT2D eigenvalue weighted by atomic mass is 9.98. The highest BCUT2D eigenvalue weighted by atomic mass is 16.5. The van der Waals surface area contributed by atoms with E-state index in [4.69, 9.17) is 10.6 Å². The van der Waals surface area contributed by atoms with Crippen LogP contribution in [0.15, 0.2) is 18.5 Å². The molecule has 2 heterocycles. The Hall–Kier alpha value is -1.66. The van der Waals surface area contributed by atoms with Gasteiger partial charge in [0.25, 0.3) is 5.91 Å². The van der Waals surface area contributed by atoms with Gasteiger partial charge in [-0.05, 0) is 24.8 Å². The minimum atomic E-state index is -0.00356. The van der Waals surface area contributed by atoms with Gasteiger partial charge in [-0.2, -0.15) is 0 Å². The first-order chi connectivity index (χ1) is 9.26. The van der Waals surface area contributed by atoms with Crippen LogP contribution in [0.3, 0.4) is 0 Å². The highest BCUT2D eigenvalue weighted by Crippen LogP contribution is 2.21. The van der Waals surface area contributed by atoms with Gasteiger partial charge in [-0.1, -0.05) is 0 Å². The van der Waals surface area contributed by atoms with E-state index in [1.165, 1.54) is 0 Å². The summed E-state index contributed by atoms with van der Waals surface area (Å²) in [6, 6.07) is 1.69. The third kappa shape index (κ3) is 3.21. The molecule has 1 atom stereocenters. The first-order valence-corrected chi connectivity index (χ1v) is 6.45. The summed E-state index contributed by atoms with van der Waals surface area (Å²) in [5.74, 6) is 5.82. The third-order valence-electron chi connectivity index (χ3n) is 3.42. The van der Waals surface area contributed by atoms with Crippen LogP contribution in [0.2, 0.25) is 0 Å². The molecule has 19 heavy (non-hydrogen) atoms. The molecule has 2 rings (SSSR count). The molecule has 0 aliphatic carbocycles. The lowest BCUT2D eigenvalue weighted by molar-refractivity contribution is 0.0571. The zero-order valence-corrected chi connectivity index (χ0v) is 11.1. The fourth-order valence-corrected chi connectivity index (χ4v) is 2.49. The highest BCUT2D eigenvalue weighted by molar-refractivity contribution is 5.99. The van der Waals surface area contributed by atoms with Gasteiger partial charge < -0.3 is 15.1 Å². The molecule has 0 spiro atoms. The number of anilines is 1. The lowest BCUT2D eigenvalue weighted by Gasteiger charge is -2.32. The van der Waals surface area contributed by atoms with Crippen LogP contribution in [0.5, 0.6) is 0 Å². The summed E-state index contributed by atoms with van der Waals surface area (Å²) in [5.41, 5.74) is 3.64. The second-order valence-corrected chi connectivity index (χ2v) is 4.78. The first kappa shape index (κ1) is 13.8. The maximum absolute atomic E-state index is 12.5. The predicted molar refractivity (Wildman–Crippen MR) is 72.6 cm³/mol. The van der Waals surface area contributed by atoms with E-state index in [9.17, 15) is 4.79 Å². The van der Waals surface area contributed by atoms with Crippen LogP contribution in [0, 0.1) is 5.92 Å². The van der Waals surface area contributed by atoms with Crippen LogP contribution in [0.4, 0.5) is 5.69 Å². The normalized spacial score (nSPS) is 19.3. The zero-order valence-electron chi connectivity index (χ0n) is 11.1. The van der Waals surface area contributed by atoms with Gasteiger partial charge in [0.2, 0.25) is 0 Å². The number of hydrazine groups is 1. The molecule has 6 nitrogen and oxygen atoms in total. The molecule has 1 aromatic rings. The predicted octanol–water partition coefficient (Wildman–Crippen LogP) is 0.866. The molecule has 104 valence electrons. The number of methoxy groups -OCH3 is 1. The Balaban J connectivity index is 2.10. The zero-order chi connectivity index (χ0) is 13.7. The summed E-state index contributed by atoms with van der Waals surface area (Å²) in [7, 11) is 1.69. The number of carbonyl (C=O) groups excluding carboxylic acids is 1. The van der Waals surface area contributed by atoms with E-state index in [1.54, 1.807) is 25.6 Å². The van der Waals surface area contributed by atoms with Crippen molar-refractivity contribution in [2.75, 3.05) is 32.2 Å². The van der Waals surface area contributed by atoms with Gasteiger partial charge in [0.05, 0.1) is 24.1 Å². The number of rotatable bonds is 4. The van der Waals surface area contributed by atoms with Crippen LogP contribution in [0.1, 0.15) is 23.2 Å². The van der Waals surface area contributed by atoms with E-state index in [-0.39, 0.29) is 5.91 Å². The van der Waals surface area contributed by atoms with Gasteiger partial charge in [0.1, 0.15) is 0 Å². The maximum Gasteiger partial charge on any atom is 0.256 e. The maximum atomic E-state index is 12.5. The molecule has 6 heteroatoms. The van der Waals surface area contributed by atoms with Gasteiger partial charge >= 0.3 is 0 Å². The molecule has 3 N–H and O–H groups in total. The van der Waals surface area contributed by atoms with Crippen molar-refractivity contribution in [3.63, 3.8) is 0 Å². The van der Waals surface area contributed by atoms with Gasteiger partial charge in [0, 0.05) is 26.4 Å². The van der Waals surface area contributed by atoms with E-state index >= 15 is 0 Å². The van der Waals surface area contributed by atoms with Crippen molar-refractivity contribution in [1.82, 2.24) is 9.88 Å². The smallest absolute Gasteiger partial charge is 0.256 e. The second kappa shape index (κ2) is 6.49. The first-order valence-electron chi connectivity index (χ1n) is 6.45. The summed E-state index contributed by atoms with van der Waals surface area (Å²) in [6.45, 7) is 2.21. The highest BCUT2D eigenvalue weighted by Gasteiger charge is 2.25. The van der Waals surface area contributed by atoms with Gasteiger partial charge in [-0.15, -0.1) is 0 Å². The number of nitrogens with one attached hydrogen (secondary N) is 1. The average molecular weight is 264 g/mol. The van der Waals surface area contributed by atoms with E-state index in [2.05, 4.69) is 10.4 Å². The van der Waals surface area contributed by atoms with Crippen LogP contribution in [0.25, 0.3) is 0 Å². The third-order valence-corrected chi connectivity index (χ3v) is 3.42. The average Bonchev–Trinajstić information content (AvgIpc) is 2.47. The lowest BCUT2D eigenvalue weighted by Crippen LogP contribution is -2.41. The molecule has 0 saturated carbocycles. The standard InChI is InChI=1S/C13H20N4O2/c1-19-9-10-3-2-6-17(8-10)13(18)11-4-5-15-7-12(11)16-14/h4-5,7,10,16H,2-3,6,8-9,14H2,1H3. The van der Waals surface area contributed by atoms with Crippen molar-refractivity contribution in [3.8, 4) is 0 Å². The number of pyridine rings is 1. The molecular weight excluding hydrogens is 244 g/mol. The van der Waals surface area contributed by atoms with Gasteiger partial charge in [-0.3, -0.25) is 15.6 Å². The molecular formula is C13H20N4O2. The molecule has 1 fully saturated rings. The Morgan fingerprint density at radius 2 is 2.53 bits per heavy atom. The van der Waals surface area contributed by atoms with E-state index in [1.807, 2.05) is 4.90 Å². The van der Waals surface area contributed by atoms with Crippen molar-refractivity contribution < 1.29 is 9.53 Å². The van der Waals surface area contributed by atoms with Crippen molar-refractivity contribution in [2.45, 2.75) is 12.8 Å². The SMILES string of the molecule is COCC1CCCN(C(=O)c2ccncc2NN)C1. The number of piperidine rings is 1. The van der Waals surface area contributed by atoms with Crippen LogP contribution in [-0.2, 0) is 4.74 Å².